The molecule has 2 N–H and O–H groups in total. The molecule has 0 saturated heterocycles. The monoisotopic (exact) mass is 257 g/mol. The zero-order valence-corrected chi connectivity index (χ0v) is 10.9. The van der Waals surface area contributed by atoms with Crippen molar-refractivity contribution in [1.29, 1.82) is 0 Å². The van der Waals surface area contributed by atoms with E-state index in [0.717, 1.165) is 11.4 Å². The zero-order chi connectivity index (χ0) is 13.8. The maximum atomic E-state index is 11.4. The molecule has 98 valence electrons. The van der Waals surface area contributed by atoms with E-state index in [4.69, 9.17) is 0 Å². The second kappa shape index (κ2) is 5.48. The Balaban J connectivity index is 2.23. The number of ketones is 1. The summed E-state index contributed by atoms with van der Waals surface area (Å²) in [4.78, 5) is 29.5. The number of aryl methyl sites for hydroxylation is 1. The molecule has 0 aliphatic rings. The van der Waals surface area contributed by atoms with Crippen molar-refractivity contribution in [3.05, 3.63) is 51.9 Å². The lowest BCUT2D eigenvalue weighted by atomic mass is 10.1. The van der Waals surface area contributed by atoms with E-state index in [2.05, 4.69) is 15.3 Å². The summed E-state index contributed by atoms with van der Waals surface area (Å²) in [6, 6.07) is 8.48. The molecule has 1 aromatic heterocycles. The quantitative estimate of drug-likeness (QED) is 0.824. The Labute approximate surface area is 110 Å². The minimum Gasteiger partial charge on any atom is -0.326 e. The summed E-state index contributed by atoms with van der Waals surface area (Å²) >= 11 is 0. The Morgan fingerprint density at radius 3 is 2.58 bits per heavy atom. The first-order chi connectivity index (χ1) is 9.08. The van der Waals surface area contributed by atoms with Crippen LogP contribution >= 0.6 is 0 Å². The molecule has 2 rings (SSSR count). The summed E-state index contributed by atoms with van der Waals surface area (Å²) < 4.78 is 0. The number of hydrogen-bond donors (Lipinski definition) is 2. The molecule has 1 aromatic carbocycles. The van der Waals surface area contributed by atoms with E-state index in [0.29, 0.717) is 17.9 Å². The number of benzene rings is 1. The summed E-state index contributed by atoms with van der Waals surface area (Å²) in [6.45, 7) is 3.46. The van der Waals surface area contributed by atoms with Crippen molar-refractivity contribution in [2.45, 2.75) is 20.3 Å². The molecule has 0 spiro atoms. The largest absolute Gasteiger partial charge is 0.326 e. The van der Waals surface area contributed by atoms with E-state index < -0.39 is 0 Å². The number of nitrogens with zero attached hydrogens (tertiary/aromatic N) is 1. The molecule has 0 unspecified atom stereocenters. The predicted molar refractivity (Wildman–Crippen MR) is 74.0 cm³/mol. The van der Waals surface area contributed by atoms with Gasteiger partial charge in [-0.25, -0.2) is 4.98 Å². The molecule has 0 aliphatic heterocycles. The number of carbonyl (C=O) groups is 1. The number of rotatable bonds is 4. The van der Waals surface area contributed by atoms with E-state index >= 15 is 0 Å². The van der Waals surface area contributed by atoms with Crippen molar-refractivity contribution >= 4 is 17.4 Å². The molecule has 1 heterocycles. The molecule has 2 aromatic rings. The fourth-order valence-electron chi connectivity index (χ4n) is 1.67. The Hall–Kier alpha value is -2.43. The van der Waals surface area contributed by atoms with Crippen LogP contribution < -0.4 is 10.9 Å². The maximum Gasteiger partial charge on any atom is 0.252 e. The van der Waals surface area contributed by atoms with Crippen LogP contribution in [0.2, 0.25) is 0 Å². The first-order valence-corrected chi connectivity index (χ1v) is 6.06. The minimum atomic E-state index is -0.185. The number of carbonyl (C=O) groups excluding carboxylic acids is 1. The van der Waals surface area contributed by atoms with Gasteiger partial charge >= 0.3 is 0 Å². The number of anilines is 2. The van der Waals surface area contributed by atoms with E-state index in [9.17, 15) is 9.59 Å². The van der Waals surface area contributed by atoms with Crippen LogP contribution in [0.5, 0.6) is 0 Å². The molecule has 0 radical (unpaired) electrons. The summed E-state index contributed by atoms with van der Waals surface area (Å²) in [6.07, 6.45) is 0.696. The molecular weight excluding hydrogens is 242 g/mol. The Morgan fingerprint density at radius 2 is 2.00 bits per heavy atom. The van der Waals surface area contributed by atoms with Gasteiger partial charge in [0.25, 0.3) is 5.56 Å². The zero-order valence-electron chi connectivity index (χ0n) is 10.9. The van der Waals surface area contributed by atoms with Gasteiger partial charge in [-0.3, -0.25) is 14.6 Å². The highest BCUT2D eigenvalue weighted by molar-refractivity contribution is 5.94. The first kappa shape index (κ1) is 13.0. The van der Waals surface area contributed by atoms with Crippen LogP contribution in [-0.4, -0.2) is 15.8 Å². The smallest absolute Gasteiger partial charge is 0.252 e. The standard InChI is InChI=1S/C14H15N3O2/c1-3-11-8-13(19)17-14(15-11)16-12-6-4-10(5-7-12)9(2)18/h4-8H,3H2,1-2H3,(H2,15,16,17,19). The van der Waals surface area contributed by atoms with Crippen molar-refractivity contribution in [1.82, 2.24) is 9.97 Å². The van der Waals surface area contributed by atoms with Gasteiger partial charge in [0.1, 0.15) is 0 Å². The summed E-state index contributed by atoms with van der Waals surface area (Å²) in [5.74, 6) is 0.422. The van der Waals surface area contributed by atoms with Gasteiger partial charge in [0, 0.05) is 23.0 Å². The van der Waals surface area contributed by atoms with E-state index in [1.54, 1.807) is 24.3 Å². The molecule has 0 aliphatic carbocycles. The molecule has 5 nitrogen and oxygen atoms in total. The third-order valence-corrected chi connectivity index (χ3v) is 2.71. The fourth-order valence-corrected chi connectivity index (χ4v) is 1.67. The number of aromatic nitrogens is 2. The van der Waals surface area contributed by atoms with E-state index in [-0.39, 0.29) is 11.3 Å². The summed E-state index contributed by atoms with van der Waals surface area (Å²) in [5.41, 5.74) is 1.96. The Bertz CT molecular complexity index is 644. The average Bonchev–Trinajstić information content (AvgIpc) is 2.38. The van der Waals surface area contributed by atoms with E-state index in [1.165, 1.54) is 13.0 Å². The van der Waals surface area contributed by atoms with Crippen LogP contribution in [0.4, 0.5) is 11.6 Å². The van der Waals surface area contributed by atoms with E-state index in [1.807, 2.05) is 6.92 Å². The normalized spacial score (nSPS) is 10.2. The molecule has 0 atom stereocenters. The number of H-pyrrole nitrogens is 1. The third kappa shape index (κ3) is 3.28. The number of Topliss-reactive ketones (excluding diaryl/α,β-unsaturated/α-hetero) is 1. The summed E-state index contributed by atoms with van der Waals surface area (Å²) in [5, 5.41) is 3.01. The van der Waals surface area contributed by atoms with Crippen LogP contribution in [-0.2, 0) is 6.42 Å². The summed E-state index contributed by atoms with van der Waals surface area (Å²) in [7, 11) is 0. The lowest BCUT2D eigenvalue weighted by Crippen LogP contribution is -2.11. The number of aromatic amines is 1. The van der Waals surface area contributed by atoms with Crippen LogP contribution in [0.15, 0.2) is 35.1 Å². The van der Waals surface area contributed by atoms with Crippen molar-refractivity contribution in [2.75, 3.05) is 5.32 Å². The Kier molecular flexibility index (Phi) is 3.75. The molecule has 0 amide bonds. The molecule has 0 bridgehead atoms. The lowest BCUT2D eigenvalue weighted by molar-refractivity contribution is 0.101. The highest BCUT2D eigenvalue weighted by Gasteiger charge is 2.02. The molecular formula is C14H15N3O2. The SMILES string of the molecule is CCc1cc(=O)[nH]c(Nc2ccc(C(C)=O)cc2)n1. The highest BCUT2D eigenvalue weighted by atomic mass is 16.1. The van der Waals surface area contributed by atoms with Gasteiger partial charge in [0.2, 0.25) is 5.95 Å². The van der Waals surface area contributed by atoms with Gasteiger partial charge in [-0.1, -0.05) is 6.92 Å². The second-order valence-electron chi connectivity index (χ2n) is 4.20. The van der Waals surface area contributed by atoms with Crippen LogP contribution in [0.25, 0.3) is 0 Å². The Morgan fingerprint density at radius 1 is 1.32 bits per heavy atom. The van der Waals surface area contributed by atoms with Gasteiger partial charge in [-0.05, 0) is 37.6 Å². The van der Waals surface area contributed by atoms with Gasteiger partial charge in [0.15, 0.2) is 5.78 Å². The van der Waals surface area contributed by atoms with Crippen LogP contribution in [0.1, 0.15) is 29.9 Å². The van der Waals surface area contributed by atoms with Crippen LogP contribution in [0.3, 0.4) is 0 Å². The molecule has 0 fully saturated rings. The van der Waals surface area contributed by atoms with Gasteiger partial charge in [-0.2, -0.15) is 0 Å². The van der Waals surface area contributed by atoms with Crippen LogP contribution in [0, 0.1) is 0 Å². The van der Waals surface area contributed by atoms with Crippen molar-refractivity contribution < 1.29 is 4.79 Å². The van der Waals surface area contributed by atoms with Crippen molar-refractivity contribution in [3.8, 4) is 0 Å². The number of nitrogens with one attached hydrogen (secondary N) is 2. The fraction of sp³-hybridized carbons (Fsp3) is 0.214. The molecule has 5 heteroatoms. The predicted octanol–water partition coefficient (Wildman–Crippen LogP) is 2.28. The average molecular weight is 257 g/mol. The third-order valence-electron chi connectivity index (χ3n) is 2.71. The van der Waals surface area contributed by atoms with Gasteiger partial charge in [0.05, 0.1) is 0 Å². The lowest BCUT2D eigenvalue weighted by Gasteiger charge is -2.06. The van der Waals surface area contributed by atoms with Gasteiger partial charge < -0.3 is 5.32 Å². The second-order valence-corrected chi connectivity index (χ2v) is 4.20. The van der Waals surface area contributed by atoms with Gasteiger partial charge in [-0.15, -0.1) is 0 Å². The highest BCUT2D eigenvalue weighted by Crippen LogP contribution is 2.13. The minimum absolute atomic E-state index is 0.0195. The molecule has 0 saturated carbocycles. The van der Waals surface area contributed by atoms with Crippen molar-refractivity contribution in [2.24, 2.45) is 0 Å². The number of hydrogen-bond acceptors (Lipinski definition) is 4. The van der Waals surface area contributed by atoms with Crippen molar-refractivity contribution in [3.63, 3.8) is 0 Å². The maximum absolute atomic E-state index is 11.4. The topological polar surface area (TPSA) is 74.8 Å². The molecule has 19 heavy (non-hydrogen) atoms. The first-order valence-electron chi connectivity index (χ1n) is 6.06.